The van der Waals surface area contributed by atoms with E-state index in [9.17, 15) is 4.79 Å². The number of aromatic carboxylic acids is 1. The SMILES string of the molecule is Cc1ccc(Cl)cc1-c1ccc(C(=O)O)cc1. The number of rotatable bonds is 2. The van der Waals surface area contributed by atoms with Crippen LogP contribution >= 0.6 is 11.6 Å². The summed E-state index contributed by atoms with van der Waals surface area (Å²) < 4.78 is 0. The Hall–Kier alpha value is -1.80. The van der Waals surface area contributed by atoms with E-state index in [0.717, 1.165) is 16.7 Å². The smallest absolute Gasteiger partial charge is 0.335 e. The van der Waals surface area contributed by atoms with Crippen LogP contribution in [0.4, 0.5) is 0 Å². The molecule has 17 heavy (non-hydrogen) atoms. The molecule has 0 saturated heterocycles. The summed E-state index contributed by atoms with van der Waals surface area (Å²) in [5.74, 6) is -0.917. The highest BCUT2D eigenvalue weighted by molar-refractivity contribution is 6.30. The fraction of sp³-hybridized carbons (Fsp3) is 0.0714. The van der Waals surface area contributed by atoms with Crippen molar-refractivity contribution >= 4 is 17.6 Å². The second kappa shape index (κ2) is 4.60. The molecule has 0 aliphatic carbocycles. The molecule has 2 aromatic rings. The minimum atomic E-state index is -0.917. The third-order valence-electron chi connectivity index (χ3n) is 2.64. The second-order valence-electron chi connectivity index (χ2n) is 3.84. The largest absolute Gasteiger partial charge is 0.478 e. The van der Waals surface area contributed by atoms with Crippen LogP contribution in [0.3, 0.4) is 0 Å². The van der Waals surface area contributed by atoms with Crippen molar-refractivity contribution in [1.29, 1.82) is 0 Å². The van der Waals surface area contributed by atoms with Crippen LogP contribution in [0, 0.1) is 6.92 Å². The Bertz CT molecular complexity index is 559. The topological polar surface area (TPSA) is 37.3 Å². The molecule has 0 aromatic heterocycles. The molecule has 1 N–H and O–H groups in total. The molecule has 2 nitrogen and oxygen atoms in total. The highest BCUT2D eigenvalue weighted by Crippen LogP contribution is 2.26. The quantitative estimate of drug-likeness (QED) is 0.869. The third-order valence-corrected chi connectivity index (χ3v) is 2.88. The highest BCUT2D eigenvalue weighted by Gasteiger charge is 2.05. The summed E-state index contributed by atoms with van der Waals surface area (Å²) in [6, 6.07) is 12.4. The van der Waals surface area contributed by atoms with Crippen molar-refractivity contribution in [2.45, 2.75) is 6.92 Å². The zero-order valence-corrected chi connectivity index (χ0v) is 10.0. The average Bonchev–Trinajstić information content (AvgIpc) is 2.32. The average molecular weight is 247 g/mol. The molecule has 3 heteroatoms. The van der Waals surface area contributed by atoms with E-state index < -0.39 is 5.97 Å². The van der Waals surface area contributed by atoms with E-state index in [4.69, 9.17) is 16.7 Å². The summed E-state index contributed by atoms with van der Waals surface area (Å²) in [4.78, 5) is 10.7. The summed E-state index contributed by atoms with van der Waals surface area (Å²) in [6.45, 7) is 2.00. The number of hydrogen-bond donors (Lipinski definition) is 1. The normalized spacial score (nSPS) is 10.2. The zero-order chi connectivity index (χ0) is 12.4. The first kappa shape index (κ1) is 11.7. The lowest BCUT2D eigenvalue weighted by Crippen LogP contribution is -1.95. The molecule has 0 amide bonds. The van der Waals surface area contributed by atoms with Gasteiger partial charge in [-0.1, -0.05) is 29.8 Å². The van der Waals surface area contributed by atoms with Gasteiger partial charge >= 0.3 is 5.97 Å². The van der Waals surface area contributed by atoms with E-state index in [-0.39, 0.29) is 5.56 Å². The van der Waals surface area contributed by atoms with Crippen LogP contribution in [0.15, 0.2) is 42.5 Å². The van der Waals surface area contributed by atoms with E-state index >= 15 is 0 Å². The number of aryl methyl sites for hydroxylation is 1. The van der Waals surface area contributed by atoms with Gasteiger partial charge in [0.15, 0.2) is 0 Å². The van der Waals surface area contributed by atoms with Gasteiger partial charge in [-0.15, -0.1) is 0 Å². The van der Waals surface area contributed by atoms with Crippen molar-refractivity contribution in [3.05, 3.63) is 58.6 Å². The predicted molar refractivity (Wildman–Crippen MR) is 68.6 cm³/mol. The molecule has 86 valence electrons. The summed E-state index contributed by atoms with van der Waals surface area (Å²) in [6.07, 6.45) is 0. The zero-order valence-electron chi connectivity index (χ0n) is 9.27. The number of carboxylic acids is 1. The van der Waals surface area contributed by atoms with Crippen LogP contribution in [0.1, 0.15) is 15.9 Å². The highest BCUT2D eigenvalue weighted by atomic mass is 35.5. The van der Waals surface area contributed by atoms with Crippen molar-refractivity contribution in [2.75, 3.05) is 0 Å². The van der Waals surface area contributed by atoms with Crippen LogP contribution < -0.4 is 0 Å². The van der Waals surface area contributed by atoms with Crippen molar-refractivity contribution < 1.29 is 9.90 Å². The van der Waals surface area contributed by atoms with Crippen LogP contribution in [0.5, 0.6) is 0 Å². The van der Waals surface area contributed by atoms with Gasteiger partial charge < -0.3 is 5.11 Å². The Morgan fingerprint density at radius 3 is 2.35 bits per heavy atom. The lowest BCUT2D eigenvalue weighted by Gasteiger charge is -2.07. The minimum Gasteiger partial charge on any atom is -0.478 e. The Balaban J connectivity index is 2.46. The fourth-order valence-electron chi connectivity index (χ4n) is 1.70. The molecule has 0 radical (unpaired) electrons. The molecule has 2 rings (SSSR count). The molecule has 0 unspecified atom stereocenters. The molecular formula is C14H11ClO2. The molecule has 0 aliphatic heterocycles. The minimum absolute atomic E-state index is 0.286. The van der Waals surface area contributed by atoms with Gasteiger partial charge in [-0.2, -0.15) is 0 Å². The number of carboxylic acid groups (broad SMARTS) is 1. The van der Waals surface area contributed by atoms with Gasteiger partial charge in [0, 0.05) is 5.02 Å². The van der Waals surface area contributed by atoms with Crippen LogP contribution in [0.25, 0.3) is 11.1 Å². The molecule has 0 aliphatic rings. The molecule has 2 aromatic carbocycles. The monoisotopic (exact) mass is 246 g/mol. The van der Waals surface area contributed by atoms with Gasteiger partial charge in [-0.3, -0.25) is 0 Å². The van der Waals surface area contributed by atoms with Gasteiger partial charge in [-0.25, -0.2) is 4.79 Å². The first-order chi connectivity index (χ1) is 8.08. The lowest BCUT2D eigenvalue weighted by molar-refractivity contribution is 0.0697. The van der Waals surface area contributed by atoms with Crippen molar-refractivity contribution in [3.63, 3.8) is 0 Å². The van der Waals surface area contributed by atoms with Gasteiger partial charge in [0.05, 0.1) is 5.56 Å². The Morgan fingerprint density at radius 1 is 1.12 bits per heavy atom. The standard InChI is InChI=1S/C14H11ClO2/c1-9-2-7-12(15)8-13(9)10-3-5-11(6-4-10)14(16)17/h2-8H,1H3,(H,16,17). The Labute approximate surface area is 104 Å². The summed E-state index contributed by atoms with van der Waals surface area (Å²) in [5, 5.41) is 9.50. The predicted octanol–water partition coefficient (Wildman–Crippen LogP) is 4.01. The number of benzene rings is 2. The Kier molecular flexibility index (Phi) is 3.16. The van der Waals surface area contributed by atoms with Gasteiger partial charge in [-0.05, 0) is 47.9 Å². The van der Waals surface area contributed by atoms with Crippen LogP contribution in [-0.2, 0) is 0 Å². The first-order valence-electron chi connectivity index (χ1n) is 5.18. The first-order valence-corrected chi connectivity index (χ1v) is 5.55. The van der Waals surface area contributed by atoms with Gasteiger partial charge in [0.2, 0.25) is 0 Å². The molecule has 0 saturated carbocycles. The van der Waals surface area contributed by atoms with E-state index in [0.29, 0.717) is 5.02 Å². The van der Waals surface area contributed by atoms with Crippen molar-refractivity contribution in [2.24, 2.45) is 0 Å². The van der Waals surface area contributed by atoms with Crippen molar-refractivity contribution in [3.8, 4) is 11.1 Å². The molecule has 0 fully saturated rings. The number of halogens is 1. The summed E-state index contributed by atoms with van der Waals surface area (Å²) >= 11 is 5.95. The van der Waals surface area contributed by atoms with Crippen LogP contribution in [0.2, 0.25) is 5.02 Å². The number of hydrogen-bond acceptors (Lipinski definition) is 1. The van der Waals surface area contributed by atoms with Gasteiger partial charge in [0.25, 0.3) is 0 Å². The number of carbonyl (C=O) groups is 1. The molecular weight excluding hydrogens is 236 g/mol. The lowest BCUT2D eigenvalue weighted by atomic mass is 10.00. The molecule has 0 atom stereocenters. The maximum Gasteiger partial charge on any atom is 0.335 e. The summed E-state index contributed by atoms with van der Waals surface area (Å²) in [7, 11) is 0. The van der Waals surface area contributed by atoms with Gasteiger partial charge in [0.1, 0.15) is 0 Å². The van der Waals surface area contributed by atoms with E-state index in [1.807, 2.05) is 25.1 Å². The second-order valence-corrected chi connectivity index (χ2v) is 4.28. The molecule has 0 spiro atoms. The molecule has 0 bridgehead atoms. The maximum absolute atomic E-state index is 10.7. The maximum atomic E-state index is 10.7. The Morgan fingerprint density at radius 2 is 1.76 bits per heavy atom. The van der Waals surface area contributed by atoms with E-state index in [1.165, 1.54) is 0 Å². The fourth-order valence-corrected chi connectivity index (χ4v) is 1.87. The third kappa shape index (κ3) is 2.48. The van der Waals surface area contributed by atoms with E-state index in [1.54, 1.807) is 24.3 Å². The summed E-state index contributed by atoms with van der Waals surface area (Å²) in [5.41, 5.74) is 3.38. The van der Waals surface area contributed by atoms with Crippen molar-refractivity contribution in [1.82, 2.24) is 0 Å². The van der Waals surface area contributed by atoms with E-state index in [2.05, 4.69) is 0 Å². The molecule has 0 heterocycles. The van der Waals surface area contributed by atoms with Crippen LogP contribution in [-0.4, -0.2) is 11.1 Å².